The number of hydrogen-bond donors (Lipinski definition) is 1. The Hall–Kier alpha value is -1.07. The minimum atomic E-state index is -3.46. The molecule has 0 unspecified atom stereocenters. The molecule has 25 heavy (non-hydrogen) atoms. The highest BCUT2D eigenvalue weighted by molar-refractivity contribution is 7.89. The molecule has 1 N–H and O–H groups in total. The van der Waals surface area contributed by atoms with Crippen molar-refractivity contribution in [3.05, 3.63) is 24.3 Å². The lowest BCUT2D eigenvalue weighted by Gasteiger charge is -2.19. The van der Waals surface area contributed by atoms with Crippen LogP contribution in [-0.4, -0.2) is 21.1 Å². The topological polar surface area (TPSA) is 55.4 Å². The van der Waals surface area contributed by atoms with E-state index in [1.54, 1.807) is 24.3 Å². The fourth-order valence-electron chi connectivity index (χ4n) is 3.45. The van der Waals surface area contributed by atoms with Gasteiger partial charge in [-0.3, -0.25) is 0 Å². The van der Waals surface area contributed by atoms with Gasteiger partial charge in [0.1, 0.15) is 5.75 Å². The molecular formula is C20H33NO3S. The van der Waals surface area contributed by atoms with Crippen LogP contribution in [0.5, 0.6) is 5.75 Å². The Labute approximate surface area is 153 Å². The van der Waals surface area contributed by atoms with Gasteiger partial charge in [-0.1, -0.05) is 57.8 Å². The summed E-state index contributed by atoms with van der Waals surface area (Å²) in [6.45, 7) is 2.49. The van der Waals surface area contributed by atoms with Gasteiger partial charge in [-0.2, -0.15) is 0 Å². The number of hydrogen-bond acceptors (Lipinski definition) is 3. The number of benzene rings is 1. The fraction of sp³-hybridized carbons (Fsp3) is 0.700. The van der Waals surface area contributed by atoms with Crippen LogP contribution in [0.1, 0.15) is 77.6 Å². The SMILES string of the molecule is CCOc1ccc(S(=O)(=O)NC2CCCCCCCCCCC2)cc1. The zero-order valence-electron chi connectivity index (χ0n) is 15.5. The van der Waals surface area contributed by atoms with Gasteiger partial charge in [0.05, 0.1) is 11.5 Å². The molecule has 0 amide bonds. The van der Waals surface area contributed by atoms with Gasteiger partial charge in [-0.05, 0) is 44.0 Å². The molecule has 0 heterocycles. The molecule has 0 radical (unpaired) electrons. The van der Waals surface area contributed by atoms with E-state index in [2.05, 4.69) is 4.72 Å². The van der Waals surface area contributed by atoms with E-state index < -0.39 is 10.0 Å². The second kappa shape index (κ2) is 10.8. The summed E-state index contributed by atoms with van der Waals surface area (Å²) in [5.41, 5.74) is 0. The molecule has 4 nitrogen and oxygen atoms in total. The molecule has 1 aliphatic rings. The molecule has 2 rings (SSSR count). The normalized spacial score (nSPS) is 18.9. The van der Waals surface area contributed by atoms with Crippen LogP contribution in [0.15, 0.2) is 29.2 Å². The molecule has 1 aromatic carbocycles. The quantitative estimate of drug-likeness (QED) is 0.793. The summed E-state index contributed by atoms with van der Waals surface area (Å²) < 4.78 is 33.7. The van der Waals surface area contributed by atoms with Crippen LogP contribution in [0, 0.1) is 0 Å². The third kappa shape index (κ3) is 7.37. The third-order valence-corrected chi connectivity index (χ3v) is 6.41. The Balaban J connectivity index is 1.97. The van der Waals surface area contributed by atoms with Crippen LogP contribution in [0.4, 0.5) is 0 Å². The highest BCUT2D eigenvalue weighted by Crippen LogP contribution is 2.20. The second-order valence-corrected chi connectivity index (χ2v) is 8.70. The molecule has 0 saturated heterocycles. The van der Waals surface area contributed by atoms with E-state index in [0.717, 1.165) is 25.7 Å². The smallest absolute Gasteiger partial charge is 0.240 e. The number of ether oxygens (including phenoxy) is 1. The van der Waals surface area contributed by atoms with E-state index in [-0.39, 0.29) is 6.04 Å². The van der Waals surface area contributed by atoms with Crippen molar-refractivity contribution >= 4 is 10.0 Å². The van der Waals surface area contributed by atoms with Gasteiger partial charge in [-0.25, -0.2) is 13.1 Å². The molecule has 0 aromatic heterocycles. The molecular weight excluding hydrogens is 334 g/mol. The molecule has 5 heteroatoms. The number of rotatable bonds is 5. The fourth-order valence-corrected chi connectivity index (χ4v) is 4.76. The van der Waals surface area contributed by atoms with Crippen LogP contribution >= 0.6 is 0 Å². The average molecular weight is 368 g/mol. The summed E-state index contributed by atoms with van der Waals surface area (Å²) in [6, 6.07) is 6.75. The Morgan fingerprint density at radius 1 is 0.880 bits per heavy atom. The van der Waals surface area contributed by atoms with E-state index in [9.17, 15) is 8.42 Å². The lowest BCUT2D eigenvalue weighted by atomic mass is 9.98. The van der Waals surface area contributed by atoms with E-state index in [0.29, 0.717) is 17.3 Å². The van der Waals surface area contributed by atoms with Crippen LogP contribution in [-0.2, 0) is 10.0 Å². The van der Waals surface area contributed by atoms with Gasteiger partial charge in [0.25, 0.3) is 0 Å². The van der Waals surface area contributed by atoms with Crippen molar-refractivity contribution in [2.45, 2.75) is 88.5 Å². The lowest BCUT2D eigenvalue weighted by molar-refractivity contribution is 0.340. The van der Waals surface area contributed by atoms with Crippen LogP contribution in [0.25, 0.3) is 0 Å². The molecule has 0 atom stereocenters. The highest BCUT2D eigenvalue weighted by Gasteiger charge is 2.20. The Morgan fingerprint density at radius 3 is 1.84 bits per heavy atom. The Kier molecular flexibility index (Phi) is 8.76. The monoisotopic (exact) mass is 367 g/mol. The first-order valence-electron chi connectivity index (χ1n) is 9.87. The summed E-state index contributed by atoms with van der Waals surface area (Å²) in [6.07, 6.45) is 13.1. The van der Waals surface area contributed by atoms with Crippen molar-refractivity contribution in [3.63, 3.8) is 0 Å². The van der Waals surface area contributed by atoms with Crippen molar-refractivity contribution in [2.24, 2.45) is 0 Å². The van der Waals surface area contributed by atoms with Gasteiger partial charge in [0, 0.05) is 6.04 Å². The number of nitrogens with one attached hydrogen (secondary N) is 1. The molecule has 0 bridgehead atoms. The van der Waals surface area contributed by atoms with E-state index in [1.807, 2.05) is 6.92 Å². The van der Waals surface area contributed by atoms with E-state index in [1.165, 1.54) is 44.9 Å². The molecule has 1 fully saturated rings. The lowest BCUT2D eigenvalue weighted by Crippen LogP contribution is -2.34. The van der Waals surface area contributed by atoms with Crippen LogP contribution in [0.2, 0.25) is 0 Å². The van der Waals surface area contributed by atoms with Crippen LogP contribution in [0.3, 0.4) is 0 Å². The maximum Gasteiger partial charge on any atom is 0.240 e. The van der Waals surface area contributed by atoms with E-state index >= 15 is 0 Å². The van der Waals surface area contributed by atoms with Crippen molar-refractivity contribution < 1.29 is 13.2 Å². The Morgan fingerprint density at radius 2 is 1.36 bits per heavy atom. The molecule has 142 valence electrons. The standard InChI is InChI=1S/C20H33NO3S/c1-2-24-19-14-16-20(17-15-19)25(22,23)21-18-12-10-8-6-4-3-5-7-9-11-13-18/h14-18,21H,2-13H2,1H3. The van der Waals surface area contributed by atoms with Crippen molar-refractivity contribution in [1.29, 1.82) is 0 Å². The summed E-state index contributed by atoms with van der Waals surface area (Å²) in [4.78, 5) is 0.321. The Bertz CT molecular complexity index is 571. The summed E-state index contributed by atoms with van der Waals surface area (Å²) >= 11 is 0. The molecule has 1 aromatic rings. The zero-order valence-corrected chi connectivity index (χ0v) is 16.3. The maximum absolute atomic E-state index is 12.7. The van der Waals surface area contributed by atoms with Crippen LogP contribution < -0.4 is 9.46 Å². The largest absolute Gasteiger partial charge is 0.494 e. The van der Waals surface area contributed by atoms with Crippen molar-refractivity contribution in [2.75, 3.05) is 6.61 Å². The van der Waals surface area contributed by atoms with E-state index in [4.69, 9.17) is 4.74 Å². The maximum atomic E-state index is 12.7. The van der Waals surface area contributed by atoms with Gasteiger partial charge in [0.2, 0.25) is 10.0 Å². The molecule has 0 aliphatic heterocycles. The summed E-state index contributed by atoms with van der Waals surface area (Å²) in [7, 11) is -3.46. The first kappa shape index (κ1) is 20.2. The first-order chi connectivity index (χ1) is 12.1. The average Bonchev–Trinajstić information content (AvgIpc) is 2.58. The summed E-state index contributed by atoms with van der Waals surface area (Å²) in [5, 5.41) is 0. The predicted octanol–water partition coefficient (Wildman–Crippen LogP) is 5.04. The van der Waals surface area contributed by atoms with Gasteiger partial charge in [-0.15, -0.1) is 0 Å². The predicted molar refractivity (Wildman–Crippen MR) is 103 cm³/mol. The molecule has 1 aliphatic carbocycles. The minimum Gasteiger partial charge on any atom is -0.494 e. The summed E-state index contributed by atoms with van der Waals surface area (Å²) in [5.74, 6) is 0.701. The van der Waals surface area contributed by atoms with Crippen molar-refractivity contribution in [3.8, 4) is 5.75 Å². The van der Waals surface area contributed by atoms with Crippen molar-refractivity contribution in [1.82, 2.24) is 4.72 Å². The minimum absolute atomic E-state index is 0.0518. The molecule has 0 spiro atoms. The first-order valence-corrected chi connectivity index (χ1v) is 11.4. The third-order valence-electron chi connectivity index (χ3n) is 4.87. The van der Waals surface area contributed by atoms with Gasteiger partial charge >= 0.3 is 0 Å². The number of sulfonamides is 1. The van der Waals surface area contributed by atoms with Gasteiger partial charge in [0.15, 0.2) is 0 Å². The zero-order chi connectivity index (χ0) is 18.0. The molecule has 1 saturated carbocycles. The second-order valence-electron chi connectivity index (χ2n) is 6.98. The highest BCUT2D eigenvalue weighted by atomic mass is 32.2. The van der Waals surface area contributed by atoms with Gasteiger partial charge < -0.3 is 4.74 Å².